The van der Waals surface area contributed by atoms with Gasteiger partial charge in [-0.05, 0) is 55.5 Å². The molecule has 0 aliphatic carbocycles. The van der Waals surface area contributed by atoms with Crippen LogP contribution >= 0.6 is 11.3 Å². The number of benzene rings is 1. The highest BCUT2D eigenvalue weighted by atomic mass is 32.1. The zero-order chi connectivity index (χ0) is 13.2. The second-order valence-corrected chi connectivity index (χ2v) is 5.85. The molecule has 19 heavy (non-hydrogen) atoms. The van der Waals surface area contributed by atoms with Crippen molar-refractivity contribution in [1.29, 1.82) is 0 Å². The van der Waals surface area contributed by atoms with Gasteiger partial charge >= 0.3 is 0 Å². The fraction of sp³-hybridized carbons (Fsp3) is 0.333. The number of hydrogen-bond donors (Lipinski definition) is 0. The number of unbranched alkanes of at least 4 members (excludes halogenated alkanes) is 2. The van der Waals surface area contributed by atoms with Gasteiger partial charge in [0.2, 0.25) is 0 Å². The summed E-state index contributed by atoms with van der Waals surface area (Å²) in [5.41, 5.74) is 1.45. The molecule has 0 fully saturated rings. The summed E-state index contributed by atoms with van der Waals surface area (Å²) in [5, 5.41) is 2.16. The van der Waals surface area contributed by atoms with E-state index in [0.717, 1.165) is 0 Å². The number of rotatable bonds is 8. The highest BCUT2D eigenvalue weighted by Gasteiger charge is 1.92. The van der Waals surface area contributed by atoms with Crippen molar-refractivity contribution in [3.63, 3.8) is 0 Å². The first-order chi connectivity index (χ1) is 9.45. The Morgan fingerprint density at radius 1 is 0.789 bits per heavy atom. The van der Waals surface area contributed by atoms with E-state index in [-0.39, 0.29) is 0 Å². The van der Waals surface area contributed by atoms with E-state index in [0.29, 0.717) is 0 Å². The zero-order valence-corrected chi connectivity index (χ0v) is 12.2. The largest absolute Gasteiger partial charge is 0.149 e. The molecule has 0 N–H and O–H groups in total. The fourth-order valence-electron chi connectivity index (χ4n) is 2.15. The summed E-state index contributed by atoms with van der Waals surface area (Å²) in [6.07, 6.45) is 12.1. The van der Waals surface area contributed by atoms with Crippen molar-refractivity contribution in [2.75, 3.05) is 0 Å². The molecule has 0 nitrogen and oxygen atoms in total. The highest BCUT2D eigenvalue weighted by molar-refractivity contribution is 7.09. The molecule has 0 amide bonds. The Labute approximate surface area is 120 Å². The Kier molecular flexibility index (Phi) is 6.45. The van der Waals surface area contributed by atoms with Gasteiger partial charge in [0.25, 0.3) is 0 Å². The van der Waals surface area contributed by atoms with Gasteiger partial charge in [-0.15, -0.1) is 11.3 Å². The van der Waals surface area contributed by atoms with Crippen molar-refractivity contribution in [2.24, 2.45) is 0 Å². The fourth-order valence-corrected chi connectivity index (χ4v) is 2.90. The predicted octanol–water partition coefficient (Wildman–Crippen LogP) is 5.65. The minimum atomic E-state index is 1.19. The van der Waals surface area contributed by atoms with Crippen LogP contribution in [0.3, 0.4) is 0 Å². The maximum atomic E-state index is 2.35. The van der Waals surface area contributed by atoms with E-state index >= 15 is 0 Å². The van der Waals surface area contributed by atoms with E-state index in [2.05, 4.69) is 60.0 Å². The lowest BCUT2D eigenvalue weighted by Crippen LogP contribution is -1.83. The molecule has 0 saturated carbocycles. The Bertz CT molecular complexity index is 454. The number of allylic oxidation sites excluding steroid dienone is 2. The molecule has 0 unspecified atom stereocenters. The lowest BCUT2D eigenvalue weighted by molar-refractivity contribution is 0.823. The second-order valence-electron chi connectivity index (χ2n) is 4.82. The molecule has 0 spiro atoms. The molecule has 2 aromatic rings. The van der Waals surface area contributed by atoms with E-state index in [1.165, 1.54) is 49.0 Å². The van der Waals surface area contributed by atoms with Crippen LogP contribution in [0.4, 0.5) is 0 Å². The third kappa shape index (κ3) is 5.89. The Morgan fingerprint density at radius 3 is 2.21 bits per heavy atom. The quantitative estimate of drug-likeness (QED) is 0.429. The van der Waals surface area contributed by atoms with Crippen LogP contribution in [0.1, 0.15) is 36.1 Å². The van der Waals surface area contributed by atoms with Crippen LogP contribution < -0.4 is 0 Å². The molecule has 1 aromatic heterocycles. The van der Waals surface area contributed by atoms with Crippen molar-refractivity contribution in [2.45, 2.75) is 38.5 Å². The summed E-state index contributed by atoms with van der Waals surface area (Å²) < 4.78 is 0. The van der Waals surface area contributed by atoms with Gasteiger partial charge in [0.1, 0.15) is 0 Å². The zero-order valence-electron chi connectivity index (χ0n) is 11.4. The minimum Gasteiger partial charge on any atom is -0.149 e. The third-order valence-electron chi connectivity index (χ3n) is 3.22. The van der Waals surface area contributed by atoms with E-state index in [4.69, 9.17) is 0 Å². The van der Waals surface area contributed by atoms with Crippen LogP contribution in [0.5, 0.6) is 0 Å². The first kappa shape index (κ1) is 14.1. The van der Waals surface area contributed by atoms with E-state index in [9.17, 15) is 0 Å². The van der Waals surface area contributed by atoms with Gasteiger partial charge in [0, 0.05) is 4.88 Å². The lowest BCUT2D eigenvalue weighted by Gasteiger charge is -1.98. The average molecular weight is 270 g/mol. The maximum Gasteiger partial charge on any atom is 0.00453 e. The SMILES string of the molecule is C(=CCCCc1cccs1)CCCc1ccccc1. The monoisotopic (exact) mass is 270 g/mol. The van der Waals surface area contributed by atoms with Crippen molar-refractivity contribution in [3.8, 4) is 0 Å². The van der Waals surface area contributed by atoms with E-state index in [1.54, 1.807) is 0 Å². The Balaban J connectivity index is 1.50. The molecule has 0 saturated heterocycles. The smallest absolute Gasteiger partial charge is 0.00453 e. The Hall–Kier alpha value is -1.34. The Morgan fingerprint density at radius 2 is 1.53 bits per heavy atom. The summed E-state index contributed by atoms with van der Waals surface area (Å²) >= 11 is 1.87. The van der Waals surface area contributed by atoms with Gasteiger partial charge in [-0.25, -0.2) is 0 Å². The normalized spacial score (nSPS) is 11.2. The first-order valence-electron chi connectivity index (χ1n) is 7.16. The van der Waals surface area contributed by atoms with E-state index < -0.39 is 0 Å². The lowest BCUT2D eigenvalue weighted by atomic mass is 10.1. The molecule has 2 rings (SSSR count). The van der Waals surface area contributed by atoms with Gasteiger partial charge in [-0.2, -0.15) is 0 Å². The van der Waals surface area contributed by atoms with E-state index in [1.807, 2.05) is 11.3 Å². The van der Waals surface area contributed by atoms with Crippen LogP contribution in [-0.4, -0.2) is 0 Å². The highest BCUT2D eigenvalue weighted by Crippen LogP contribution is 2.12. The number of aryl methyl sites for hydroxylation is 2. The summed E-state index contributed by atoms with van der Waals surface area (Å²) in [6.45, 7) is 0. The van der Waals surface area contributed by atoms with Crippen LogP contribution in [-0.2, 0) is 12.8 Å². The van der Waals surface area contributed by atoms with Gasteiger partial charge in [0.05, 0.1) is 0 Å². The maximum absolute atomic E-state index is 2.35. The molecule has 0 bridgehead atoms. The van der Waals surface area contributed by atoms with Crippen molar-refractivity contribution >= 4 is 11.3 Å². The van der Waals surface area contributed by atoms with Crippen LogP contribution in [0.15, 0.2) is 60.0 Å². The number of thiophene rings is 1. The topological polar surface area (TPSA) is 0 Å². The van der Waals surface area contributed by atoms with Gasteiger partial charge in [-0.3, -0.25) is 0 Å². The minimum absolute atomic E-state index is 1.19. The van der Waals surface area contributed by atoms with Crippen LogP contribution in [0.2, 0.25) is 0 Å². The summed E-state index contributed by atoms with van der Waals surface area (Å²) in [6, 6.07) is 15.1. The molecular formula is C18H22S. The van der Waals surface area contributed by atoms with Crippen molar-refractivity contribution in [1.82, 2.24) is 0 Å². The molecule has 0 atom stereocenters. The first-order valence-corrected chi connectivity index (χ1v) is 8.04. The summed E-state index contributed by atoms with van der Waals surface area (Å²) in [7, 11) is 0. The molecule has 0 aliphatic rings. The number of hydrogen-bond acceptors (Lipinski definition) is 1. The van der Waals surface area contributed by atoms with Crippen LogP contribution in [0.25, 0.3) is 0 Å². The predicted molar refractivity (Wildman–Crippen MR) is 85.8 cm³/mol. The molecule has 1 heterocycles. The summed E-state index contributed by atoms with van der Waals surface area (Å²) in [5.74, 6) is 0. The molecular weight excluding hydrogens is 248 g/mol. The molecule has 100 valence electrons. The van der Waals surface area contributed by atoms with Crippen molar-refractivity contribution < 1.29 is 0 Å². The van der Waals surface area contributed by atoms with Crippen LogP contribution in [0, 0.1) is 0 Å². The molecule has 0 radical (unpaired) electrons. The van der Waals surface area contributed by atoms with Gasteiger partial charge in [-0.1, -0.05) is 48.6 Å². The second kappa shape index (κ2) is 8.71. The average Bonchev–Trinajstić information content (AvgIpc) is 2.96. The third-order valence-corrected chi connectivity index (χ3v) is 4.16. The standard InChI is InChI=1S/C18H22S/c1(2-4-9-14-18-15-10-16-19-18)3-6-11-17-12-7-5-8-13-17/h1-2,5,7-8,10,12-13,15-16H,3-4,6,9,11,14H2. The van der Waals surface area contributed by atoms with Gasteiger partial charge in [0.15, 0.2) is 0 Å². The summed E-state index contributed by atoms with van der Waals surface area (Å²) in [4.78, 5) is 1.51. The van der Waals surface area contributed by atoms with Gasteiger partial charge < -0.3 is 0 Å². The molecule has 1 aromatic carbocycles. The van der Waals surface area contributed by atoms with Crippen molar-refractivity contribution in [3.05, 3.63) is 70.4 Å². The molecule has 1 heteroatoms. The molecule has 0 aliphatic heterocycles.